The molecule has 0 aliphatic carbocycles. The first-order chi connectivity index (χ1) is 11.0. The van der Waals surface area contributed by atoms with Crippen molar-refractivity contribution in [1.82, 2.24) is 19.3 Å². The van der Waals surface area contributed by atoms with E-state index in [4.69, 9.17) is 9.88 Å². The number of aromatic nitrogens is 3. The van der Waals surface area contributed by atoms with Gasteiger partial charge in [0.15, 0.2) is 0 Å². The molecule has 0 radical (unpaired) electrons. The van der Waals surface area contributed by atoms with Crippen LogP contribution in [0.5, 0.6) is 5.75 Å². The van der Waals surface area contributed by atoms with Gasteiger partial charge in [-0.25, -0.2) is 10.1 Å². The molecule has 0 bridgehead atoms. The minimum absolute atomic E-state index is 0.0304. The van der Waals surface area contributed by atoms with Crippen LogP contribution >= 0.6 is 0 Å². The Morgan fingerprint density at radius 3 is 2.87 bits per heavy atom. The van der Waals surface area contributed by atoms with Gasteiger partial charge in [-0.2, -0.15) is 13.1 Å². The van der Waals surface area contributed by atoms with E-state index >= 15 is 0 Å². The number of nitrogens with one attached hydrogen (secondary N) is 1. The third-order valence-electron chi connectivity index (χ3n) is 3.30. The number of benzene rings is 1. The zero-order valence-electron chi connectivity index (χ0n) is 12.3. The summed E-state index contributed by atoms with van der Waals surface area (Å²) >= 11 is 0. The molecule has 0 atom stereocenters. The highest BCUT2D eigenvalue weighted by molar-refractivity contribution is 7.87. The summed E-state index contributed by atoms with van der Waals surface area (Å²) in [5.41, 5.74) is 2.23. The van der Waals surface area contributed by atoms with Crippen LogP contribution in [0.25, 0.3) is 16.6 Å². The van der Waals surface area contributed by atoms with Gasteiger partial charge in [0.05, 0.1) is 36.9 Å². The SMILES string of the molecule is COc1ccc2c(-n3cnc(CNS(N)(=O)=O)c3)ccnc2c1. The molecule has 8 nitrogen and oxygen atoms in total. The van der Waals surface area contributed by atoms with Crippen LogP contribution in [0.4, 0.5) is 0 Å². The monoisotopic (exact) mass is 333 g/mol. The second kappa shape index (κ2) is 5.95. The Morgan fingerprint density at radius 2 is 2.13 bits per heavy atom. The number of hydrogen-bond donors (Lipinski definition) is 2. The average molecular weight is 333 g/mol. The van der Waals surface area contributed by atoms with Gasteiger partial charge in [0.1, 0.15) is 5.75 Å². The topological polar surface area (TPSA) is 112 Å². The Balaban J connectivity index is 1.96. The molecule has 0 amide bonds. The van der Waals surface area contributed by atoms with Gasteiger partial charge in [-0.05, 0) is 18.2 Å². The van der Waals surface area contributed by atoms with Crippen LogP contribution in [-0.4, -0.2) is 30.1 Å². The maximum absolute atomic E-state index is 10.9. The number of nitrogens with two attached hydrogens (primary N) is 1. The van der Waals surface area contributed by atoms with E-state index in [0.29, 0.717) is 5.69 Å². The van der Waals surface area contributed by atoms with E-state index in [0.717, 1.165) is 22.3 Å². The number of rotatable bonds is 5. The normalized spacial score (nSPS) is 11.7. The maximum atomic E-state index is 10.9. The van der Waals surface area contributed by atoms with Crippen LogP contribution in [0, 0.1) is 0 Å². The highest BCUT2D eigenvalue weighted by Gasteiger charge is 2.08. The molecule has 0 spiro atoms. The Bertz CT molecular complexity index is 952. The number of pyridine rings is 1. The molecule has 0 aliphatic heterocycles. The molecule has 9 heteroatoms. The summed E-state index contributed by atoms with van der Waals surface area (Å²) in [6.45, 7) is 0.0304. The molecule has 0 unspecified atom stereocenters. The first kappa shape index (κ1) is 15.4. The van der Waals surface area contributed by atoms with Crippen molar-refractivity contribution in [1.29, 1.82) is 0 Å². The van der Waals surface area contributed by atoms with Crippen LogP contribution in [0.2, 0.25) is 0 Å². The Kier molecular flexibility index (Phi) is 3.99. The summed E-state index contributed by atoms with van der Waals surface area (Å²) in [7, 11) is -2.14. The third kappa shape index (κ3) is 3.47. The minimum Gasteiger partial charge on any atom is -0.497 e. The van der Waals surface area contributed by atoms with Crippen LogP contribution in [-0.2, 0) is 16.8 Å². The van der Waals surface area contributed by atoms with Gasteiger partial charge in [0.25, 0.3) is 10.2 Å². The van der Waals surface area contributed by atoms with Crippen LogP contribution < -0.4 is 14.6 Å². The zero-order valence-corrected chi connectivity index (χ0v) is 13.1. The largest absolute Gasteiger partial charge is 0.497 e. The fraction of sp³-hybridized carbons (Fsp3) is 0.143. The van der Waals surface area contributed by atoms with Crippen molar-refractivity contribution in [3.8, 4) is 11.4 Å². The summed E-state index contributed by atoms with van der Waals surface area (Å²) < 4.78 is 31.1. The van der Waals surface area contributed by atoms with E-state index in [1.807, 2.05) is 24.3 Å². The van der Waals surface area contributed by atoms with Crippen molar-refractivity contribution in [3.05, 3.63) is 48.7 Å². The molecule has 2 heterocycles. The number of nitrogens with zero attached hydrogens (tertiary/aromatic N) is 3. The molecule has 120 valence electrons. The number of methoxy groups -OCH3 is 1. The predicted molar refractivity (Wildman–Crippen MR) is 85.4 cm³/mol. The van der Waals surface area contributed by atoms with E-state index in [-0.39, 0.29) is 6.54 Å². The molecular weight excluding hydrogens is 318 g/mol. The molecule has 0 saturated carbocycles. The molecule has 3 N–H and O–H groups in total. The molecule has 3 rings (SSSR count). The van der Waals surface area contributed by atoms with Gasteiger partial charge >= 0.3 is 0 Å². The molecule has 2 aromatic heterocycles. The molecule has 3 aromatic rings. The fourth-order valence-electron chi connectivity index (χ4n) is 2.23. The number of fused-ring (bicyclic) bond motifs is 1. The van der Waals surface area contributed by atoms with Crippen molar-refractivity contribution in [3.63, 3.8) is 0 Å². The second-order valence-corrected chi connectivity index (χ2v) is 6.23. The van der Waals surface area contributed by atoms with Crippen LogP contribution in [0.15, 0.2) is 43.0 Å². The van der Waals surface area contributed by atoms with Gasteiger partial charge < -0.3 is 9.30 Å². The van der Waals surface area contributed by atoms with E-state index in [1.54, 1.807) is 30.4 Å². The van der Waals surface area contributed by atoms with Crippen molar-refractivity contribution in [2.75, 3.05) is 7.11 Å². The highest BCUT2D eigenvalue weighted by atomic mass is 32.2. The number of hydrogen-bond acceptors (Lipinski definition) is 5. The summed E-state index contributed by atoms with van der Waals surface area (Å²) in [5.74, 6) is 0.728. The standard InChI is InChI=1S/C14H15N5O3S/c1-22-11-2-3-12-13(6-11)16-5-4-14(12)19-8-10(17-9-19)7-18-23(15,20)21/h2-6,8-9,18H,7H2,1H3,(H2,15,20,21). The lowest BCUT2D eigenvalue weighted by Crippen LogP contribution is -2.30. The Hall–Kier alpha value is -2.49. The van der Waals surface area contributed by atoms with E-state index in [1.165, 1.54) is 0 Å². The molecule has 23 heavy (non-hydrogen) atoms. The minimum atomic E-state index is -3.74. The van der Waals surface area contributed by atoms with Crippen molar-refractivity contribution in [2.45, 2.75) is 6.54 Å². The Morgan fingerprint density at radius 1 is 1.30 bits per heavy atom. The van der Waals surface area contributed by atoms with Crippen LogP contribution in [0.1, 0.15) is 5.69 Å². The molecule has 0 fully saturated rings. The van der Waals surface area contributed by atoms with Gasteiger partial charge in [0.2, 0.25) is 0 Å². The molecule has 0 aliphatic rings. The second-order valence-electron chi connectivity index (χ2n) is 4.85. The lowest BCUT2D eigenvalue weighted by atomic mass is 10.2. The lowest BCUT2D eigenvalue weighted by Gasteiger charge is -2.08. The third-order valence-corrected chi connectivity index (χ3v) is 3.84. The van der Waals surface area contributed by atoms with Crippen molar-refractivity contribution in [2.24, 2.45) is 5.14 Å². The first-order valence-electron chi connectivity index (χ1n) is 6.69. The zero-order chi connectivity index (χ0) is 16.4. The van der Waals surface area contributed by atoms with Crippen LogP contribution in [0.3, 0.4) is 0 Å². The fourth-order valence-corrected chi connectivity index (χ4v) is 2.58. The highest BCUT2D eigenvalue weighted by Crippen LogP contribution is 2.24. The van der Waals surface area contributed by atoms with Crippen molar-refractivity contribution < 1.29 is 13.2 Å². The van der Waals surface area contributed by atoms with Gasteiger partial charge in [-0.15, -0.1) is 0 Å². The molecule has 0 saturated heterocycles. The maximum Gasteiger partial charge on any atom is 0.274 e. The Labute approximate surface area is 133 Å². The predicted octanol–water partition coefficient (Wildman–Crippen LogP) is 0.722. The lowest BCUT2D eigenvalue weighted by molar-refractivity contribution is 0.415. The van der Waals surface area contributed by atoms with Gasteiger partial charge in [-0.3, -0.25) is 4.98 Å². The average Bonchev–Trinajstić information content (AvgIpc) is 3.00. The van der Waals surface area contributed by atoms with E-state index in [9.17, 15) is 8.42 Å². The summed E-state index contributed by atoms with van der Waals surface area (Å²) in [6.07, 6.45) is 5.04. The van der Waals surface area contributed by atoms with Gasteiger partial charge in [-0.1, -0.05) is 0 Å². The smallest absolute Gasteiger partial charge is 0.274 e. The van der Waals surface area contributed by atoms with Crippen molar-refractivity contribution >= 4 is 21.1 Å². The van der Waals surface area contributed by atoms with E-state index < -0.39 is 10.2 Å². The first-order valence-corrected chi connectivity index (χ1v) is 8.24. The number of imidazole rings is 1. The molecule has 1 aromatic carbocycles. The van der Waals surface area contributed by atoms with E-state index in [2.05, 4.69) is 14.7 Å². The summed E-state index contributed by atoms with van der Waals surface area (Å²) in [4.78, 5) is 8.50. The molecular formula is C14H15N5O3S. The van der Waals surface area contributed by atoms with Gasteiger partial charge in [0, 0.05) is 23.8 Å². The summed E-state index contributed by atoms with van der Waals surface area (Å²) in [5, 5.41) is 5.84. The quantitative estimate of drug-likeness (QED) is 0.714. The number of ether oxygens (including phenoxy) is 1. The summed E-state index contributed by atoms with van der Waals surface area (Å²) in [6, 6.07) is 7.47.